The van der Waals surface area contributed by atoms with Crippen molar-refractivity contribution in [2.75, 3.05) is 26.6 Å². The number of carbonyl (C=O) groups excluding carboxylic acids is 1. The molecule has 2 aromatic carbocycles. The van der Waals surface area contributed by atoms with Gasteiger partial charge in [0.2, 0.25) is 5.75 Å². The molecule has 0 fully saturated rings. The fraction of sp³-hybridized carbons (Fsp3) is 0.240. The third-order valence-electron chi connectivity index (χ3n) is 4.95. The Bertz CT molecular complexity index is 1170. The van der Waals surface area contributed by atoms with Gasteiger partial charge in [-0.2, -0.15) is 5.26 Å². The largest absolute Gasteiger partial charge is 0.493 e. The molecule has 0 bridgehead atoms. The zero-order chi connectivity index (χ0) is 23.8. The van der Waals surface area contributed by atoms with Crippen LogP contribution in [0.4, 0.5) is 5.13 Å². The molecule has 0 aliphatic rings. The zero-order valence-electron chi connectivity index (χ0n) is 19.0. The lowest BCUT2D eigenvalue weighted by Gasteiger charge is -2.13. The number of nitriles is 1. The number of ether oxygens (including phenoxy) is 3. The fourth-order valence-electron chi connectivity index (χ4n) is 3.21. The number of aromatic nitrogens is 1. The summed E-state index contributed by atoms with van der Waals surface area (Å²) >= 11 is 1.38. The lowest BCUT2D eigenvalue weighted by atomic mass is 10.1. The highest BCUT2D eigenvalue weighted by molar-refractivity contribution is 7.15. The van der Waals surface area contributed by atoms with E-state index < -0.39 is 5.91 Å². The Morgan fingerprint density at radius 1 is 1.09 bits per heavy atom. The van der Waals surface area contributed by atoms with E-state index in [1.165, 1.54) is 49.9 Å². The molecule has 1 amide bonds. The predicted molar refractivity (Wildman–Crippen MR) is 129 cm³/mol. The van der Waals surface area contributed by atoms with Crippen LogP contribution in [0.1, 0.15) is 28.5 Å². The van der Waals surface area contributed by atoms with Crippen LogP contribution >= 0.6 is 11.3 Å². The monoisotopic (exact) mass is 463 g/mol. The Kier molecular flexibility index (Phi) is 8.06. The number of amides is 1. The number of methoxy groups -OCH3 is 3. The van der Waals surface area contributed by atoms with Crippen molar-refractivity contribution in [1.29, 1.82) is 5.26 Å². The summed E-state index contributed by atoms with van der Waals surface area (Å²) in [5.41, 5.74) is 2.95. The van der Waals surface area contributed by atoms with E-state index in [0.717, 1.165) is 17.7 Å². The molecule has 1 heterocycles. The first-order valence-corrected chi connectivity index (χ1v) is 11.1. The van der Waals surface area contributed by atoms with E-state index in [0.29, 0.717) is 27.9 Å². The Hall–Kier alpha value is -3.83. The van der Waals surface area contributed by atoms with Crippen LogP contribution in [0.15, 0.2) is 48.2 Å². The maximum atomic E-state index is 12.7. The van der Waals surface area contributed by atoms with Gasteiger partial charge in [-0.05, 0) is 41.3 Å². The van der Waals surface area contributed by atoms with Gasteiger partial charge in [0.25, 0.3) is 5.91 Å². The molecule has 0 unspecified atom stereocenters. The molecular weight excluding hydrogens is 438 g/mol. The number of carbonyl (C=O) groups is 1. The molecule has 3 aromatic rings. The molecule has 7 nitrogen and oxygen atoms in total. The molecule has 0 saturated heterocycles. The van der Waals surface area contributed by atoms with E-state index in [2.05, 4.69) is 41.5 Å². The van der Waals surface area contributed by atoms with Gasteiger partial charge in [-0.25, -0.2) is 4.98 Å². The summed E-state index contributed by atoms with van der Waals surface area (Å²) in [7, 11) is 4.51. The minimum atomic E-state index is -0.542. The maximum Gasteiger partial charge on any atom is 0.268 e. The minimum absolute atomic E-state index is 0.0730. The van der Waals surface area contributed by atoms with Crippen molar-refractivity contribution in [2.45, 2.75) is 19.8 Å². The Morgan fingerprint density at radius 3 is 2.27 bits per heavy atom. The predicted octanol–water partition coefficient (Wildman–Crippen LogP) is 4.87. The number of thiazole rings is 1. The first-order valence-electron chi connectivity index (χ1n) is 10.3. The van der Waals surface area contributed by atoms with Gasteiger partial charge in [-0.15, -0.1) is 11.3 Å². The number of aryl methyl sites for hydroxylation is 1. The number of nitrogens with one attached hydrogen (secondary N) is 1. The number of nitrogens with zero attached hydrogens (tertiary/aromatic N) is 2. The number of hydrogen-bond donors (Lipinski definition) is 1. The highest BCUT2D eigenvalue weighted by Gasteiger charge is 2.16. The standard InChI is InChI=1S/C25H25N3O4S/c1-5-16-6-8-17(9-7-16)11-20-15-27-25(33-20)28-24(29)19(14-26)10-18-12-21(30-2)23(32-4)22(13-18)31-3/h6-10,12-13,15H,5,11H2,1-4H3,(H,27,28,29). The molecule has 0 radical (unpaired) electrons. The Labute approximate surface area is 197 Å². The second kappa shape index (κ2) is 11.2. The molecular formula is C25H25N3O4S. The number of rotatable bonds is 9. The summed E-state index contributed by atoms with van der Waals surface area (Å²) in [5.74, 6) is 0.744. The van der Waals surface area contributed by atoms with Crippen LogP contribution in [-0.2, 0) is 17.6 Å². The number of anilines is 1. The molecule has 3 rings (SSSR count). The summed E-state index contributed by atoms with van der Waals surface area (Å²) in [4.78, 5) is 18.0. The van der Waals surface area contributed by atoms with Crippen molar-refractivity contribution in [3.8, 4) is 23.3 Å². The molecule has 1 aromatic heterocycles. The van der Waals surface area contributed by atoms with Crippen LogP contribution in [0.25, 0.3) is 6.08 Å². The quantitative estimate of drug-likeness (QED) is 0.360. The lowest BCUT2D eigenvalue weighted by Crippen LogP contribution is -2.13. The number of hydrogen-bond acceptors (Lipinski definition) is 7. The van der Waals surface area contributed by atoms with Crippen molar-refractivity contribution in [3.63, 3.8) is 0 Å². The smallest absolute Gasteiger partial charge is 0.268 e. The van der Waals surface area contributed by atoms with Crippen LogP contribution in [0.2, 0.25) is 0 Å². The SMILES string of the molecule is CCc1ccc(Cc2cnc(NC(=O)C(C#N)=Cc3cc(OC)c(OC)c(OC)c3)s2)cc1. The Balaban J connectivity index is 1.75. The first-order chi connectivity index (χ1) is 16.0. The molecule has 0 spiro atoms. The molecule has 0 atom stereocenters. The molecule has 170 valence electrons. The van der Waals surface area contributed by atoms with E-state index in [-0.39, 0.29) is 5.57 Å². The summed E-state index contributed by atoms with van der Waals surface area (Å²) in [6, 6.07) is 13.7. The molecule has 0 aliphatic carbocycles. The van der Waals surface area contributed by atoms with Gasteiger partial charge in [0.15, 0.2) is 16.6 Å². The van der Waals surface area contributed by atoms with Crippen molar-refractivity contribution >= 4 is 28.5 Å². The van der Waals surface area contributed by atoms with Gasteiger partial charge in [-0.1, -0.05) is 31.2 Å². The molecule has 0 aliphatic heterocycles. The van der Waals surface area contributed by atoms with Gasteiger partial charge in [0.05, 0.1) is 21.3 Å². The topological polar surface area (TPSA) is 93.5 Å². The molecule has 0 saturated carbocycles. The van der Waals surface area contributed by atoms with Gasteiger partial charge in [0, 0.05) is 17.5 Å². The zero-order valence-corrected chi connectivity index (χ0v) is 19.8. The first kappa shape index (κ1) is 23.8. The lowest BCUT2D eigenvalue weighted by molar-refractivity contribution is -0.112. The third kappa shape index (κ3) is 5.90. The molecule has 33 heavy (non-hydrogen) atoms. The highest BCUT2D eigenvalue weighted by atomic mass is 32.1. The summed E-state index contributed by atoms with van der Waals surface area (Å²) in [5, 5.41) is 12.7. The van der Waals surface area contributed by atoms with Crippen LogP contribution in [0.5, 0.6) is 17.2 Å². The minimum Gasteiger partial charge on any atom is -0.493 e. The van der Waals surface area contributed by atoms with Crippen molar-refractivity contribution in [1.82, 2.24) is 4.98 Å². The Morgan fingerprint density at radius 2 is 1.73 bits per heavy atom. The maximum absolute atomic E-state index is 12.7. The third-order valence-corrected chi connectivity index (χ3v) is 5.86. The molecule has 8 heteroatoms. The molecule has 1 N–H and O–H groups in total. The second-order valence-corrected chi connectivity index (χ2v) is 8.18. The van der Waals surface area contributed by atoms with Gasteiger partial charge < -0.3 is 14.2 Å². The van der Waals surface area contributed by atoms with Crippen LogP contribution in [0, 0.1) is 11.3 Å². The van der Waals surface area contributed by atoms with E-state index in [9.17, 15) is 10.1 Å². The van der Waals surface area contributed by atoms with E-state index in [1.54, 1.807) is 18.3 Å². The van der Waals surface area contributed by atoms with Crippen molar-refractivity contribution in [3.05, 3.63) is 69.7 Å². The van der Waals surface area contributed by atoms with Crippen molar-refractivity contribution < 1.29 is 19.0 Å². The van der Waals surface area contributed by atoms with Crippen LogP contribution in [0.3, 0.4) is 0 Å². The van der Waals surface area contributed by atoms with Gasteiger partial charge in [-0.3, -0.25) is 10.1 Å². The van der Waals surface area contributed by atoms with E-state index in [1.807, 2.05) is 6.07 Å². The number of benzene rings is 2. The van der Waals surface area contributed by atoms with E-state index in [4.69, 9.17) is 14.2 Å². The average molecular weight is 464 g/mol. The van der Waals surface area contributed by atoms with Gasteiger partial charge >= 0.3 is 0 Å². The summed E-state index contributed by atoms with van der Waals surface area (Å²) in [6.07, 6.45) is 4.93. The van der Waals surface area contributed by atoms with Crippen molar-refractivity contribution in [2.24, 2.45) is 0 Å². The summed E-state index contributed by atoms with van der Waals surface area (Å²) in [6.45, 7) is 2.12. The second-order valence-electron chi connectivity index (χ2n) is 7.06. The highest BCUT2D eigenvalue weighted by Crippen LogP contribution is 2.38. The van der Waals surface area contributed by atoms with Gasteiger partial charge in [0.1, 0.15) is 11.6 Å². The van der Waals surface area contributed by atoms with E-state index >= 15 is 0 Å². The average Bonchev–Trinajstić information content (AvgIpc) is 3.28. The van der Waals surface area contributed by atoms with Crippen LogP contribution < -0.4 is 19.5 Å². The fourth-order valence-corrected chi connectivity index (χ4v) is 4.05. The normalized spacial score (nSPS) is 10.9. The summed E-state index contributed by atoms with van der Waals surface area (Å²) < 4.78 is 16.0. The van der Waals surface area contributed by atoms with Crippen LogP contribution in [-0.4, -0.2) is 32.2 Å².